The third kappa shape index (κ3) is 6.82. The van der Waals surface area contributed by atoms with Crippen LogP contribution in [0.3, 0.4) is 0 Å². The zero-order chi connectivity index (χ0) is 20.7. The van der Waals surface area contributed by atoms with Crippen molar-refractivity contribution in [3.05, 3.63) is 54.1 Å². The molecule has 2 N–H and O–H groups in total. The van der Waals surface area contributed by atoms with Gasteiger partial charge in [-0.25, -0.2) is 0 Å². The number of rotatable bonds is 7. The minimum Gasteiger partial charge on any atom is -0.406 e. The summed E-state index contributed by atoms with van der Waals surface area (Å²) in [5, 5.41) is 5.53. The SMILES string of the molecule is CN(C)C(=O)Cc1ccccc1NCC(=O)Nc1ccc(OC(F)(F)F)cc1. The van der Waals surface area contributed by atoms with E-state index in [2.05, 4.69) is 15.4 Å². The van der Waals surface area contributed by atoms with Crippen LogP contribution in [0.25, 0.3) is 0 Å². The van der Waals surface area contributed by atoms with Gasteiger partial charge in [0.05, 0.1) is 13.0 Å². The minimum atomic E-state index is -4.77. The number of likely N-dealkylation sites (N-methyl/N-ethyl adjacent to an activating group) is 1. The molecule has 28 heavy (non-hydrogen) atoms. The second-order valence-corrected chi connectivity index (χ2v) is 6.10. The Labute approximate surface area is 160 Å². The monoisotopic (exact) mass is 395 g/mol. The molecule has 0 saturated heterocycles. The van der Waals surface area contributed by atoms with Crippen LogP contribution in [-0.2, 0) is 16.0 Å². The molecule has 2 amide bonds. The molecule has 0 aliphatic rings. The summed E-state index contributed by atoms with van der Waals surface area (Å²) in [7, 11) is 3.33. The van der Waals surface area contributed by atoms with Crippen LogP contribution < -0.4 is 15.4 Å². The predicted molar refractivity (Wildman–Crippen MR) is 99.1 cm³/mol. The van der Waals surface area contributed by atoms with Gasteiger partial charge in [0, 0.05) is 25.5 Å². The van der Waals surface area contributed by atoms with E-state index in [4.69, 9.17) is 0 Å². The molecule has 0 aliphatic heterocycles. The van der Waals surface area contributed by atoms with Crippen molar-refractivity contribution in [2.45, 2.75) is 12.8 Å². The first kappa shape index (κ1) is 21.1. The van der Waals surface area contributed by atoms with Gasteiger partial charge in [0.2, 0.25) is 11.8 Å². The van der Waals surface area contributed by atoms with Crippen molar-refractivity contribution in [2.24, 2.45) is 0 Å². The number of hydrogen-bond donors (Lipinski definition) is 2. The van der Waals surface area contributed by atoms with Gasteiger partial charge in [0.25, 0.3) is 0 Å². The molecule has 150 valence electrons. The molecule has 0 aliphatic carbocycles. The lowest BCUT2D eigenvalue weighted by Crippen LogP contribution is -2.25. The molecule has 0 spiro atoms. The van der Waals surface area contributed by atoms with Crippen LogP contribution in [-0.4, -0.2) is 43.7 Å². The molecule has 0 bridgehead atoms. The third-order valence-electron chi connectivity index (χ3n) is 3.67. The lowest BCUT2D eigenvalue weighted by atomic mass is 10.1. The number of nitrogens with one attached hydrogen (secondary N) is 2. The minimum absolute atomic E-state index is 0.0696. The smallest absolute Gasteiger partial charge is 0.406 e. The van der Waals surface area contributed by atoms with E-state index in [1.54, 1.807) is 38.4 Å². The third-order valence-corrected chi connectivity index (χ3v) is 3.67. The van der Waals surface area contributed by atoms with Gasteiger partial charge in [-0.3, -0.25) is 9.59 Å². The van der Waals surface area contributed by atoms with Gasteiger partial charge in [0.1, 0.15) is 5.75 Å². The number of carbonyl (C=O) groups is 2. The Morgan fingerprint density at radius 1 is 1.04 bits per heavy atom. The van der Waals surface area contributed by atoms with Crippen LogP contribution in [0, 0.1) is 0 Å². The van der Waals surface area contributed by atoms with E-state index in [1.165, 1.54) is 17.0 Å². The number of halogens is 3. The summed E-state index contributed by atoms with van der Waals surface area (Å²) in [5.74, 6) is -0.832. The highest BCUT2D eigenvalue weighted by Gasteiger charge is 2.30. The van der Waals surface area contributed by atoms with Crippen LogP contribution in [0.15, 0.2) is 48.5 Å². The number of para-hydroxylation sites is 1. The van der Waals surface area contributed by atoms with E-state index >= 15 is 0 Å². The number of carbonyl (C=O) groups excluding carboxylic acids is 2. The van der Waals surface area contributed by atoms with Gasteiger partial charge in [0.15, 0.2) is 0 Å². The number of hydrogen-bond acceptors (Lipinski definition) is 4. The highest BCUT2D eigenvalue weighted by Crippen LogP contribution is 2.24. The molecule has 0 radical (unpaired) electrons. The predicted octanol–water partition coefficient (Wildman–Crippen LogP) is 3.27. The van der Waals surface area contributed by atoms with Crippen LogP contribution in [0.4, 0.5) is 24.5 Å². The van der Waals surface area contributed by atoms with Crippen LogP contribution in [0.5, 0.6) is 5.75 Å². The van der Waals surface area contributed by atoms with E-state index in [0.29, 0.717) is 11.4 Å². The fourth-order valence-electron chi connectivity index (χ4n) is 2.29. The number of nitrogens with zero attached hydrogens (tertiary/aromatic N) is 1. The van der Waals surface area contributed by atoms with Crippen molar-refractivity contribution in [1.82, 2.24) is 4.90 Å². The summed E-state index contributed by atoms with van der Waals surface area (Å²) in [6, 6.07) is 12.0. The van der Waals surface area contributed by atoms with Gasteiger partial charge in [-0.05, 0) is 35.9 Å². The van der Waals surface area contributed by atoms with Crippen molar-refractivity contribution in [1.29, 1.82) is 0 Å². The molecule has 0 heterocycles. The number of ether oxygens (including phenoxy) is 1. The lowest BCUT2D eigenvalue weighted by Gasteiger charge is -2.14. The summed E-state index contributed by atoms with van der Waals surface area (Å²) >= 11 is 0. The van der Waals surface area contributed by atoms with Crippen LogP contribution >= 0.6 is 0 Å². The van der Waals surface area contributed by atoms with Crippen molar-refractivity contribution in [3.8, 4) is 5.75 Å². The molecular formula is C19H20F3N3O3. The topological polar surface area (TPSA) is 70.7 Å². The maximum atomic E-state index is 12.1. The number of alkyl halides is 3. The molecule has 0 saturated carbocycles. The van der Waals surface area contributed by atoms with Gasteiger partial charge < -0.3 is 20.3 Å². The fourth-order valence-corrected chi connectivity index (χ4v) is 2.29. The first-order chi connectivity index (χ1) is 13.1. The molecule has 9 heteroatoms. The molecule has 2 rings (SSSR count). The van der Waals surface area contributed by atoms with Gasteiger partial charge in [-0.15, -0.1) is 13.2 Å². The first-order valence-corrected chi connectivity index (χ1v) is 8.31. The standard InChI is InChI=1S/C19H20F3N3O3/c1-25(2)18(27)11-13-5-3-4-6-16(13)23-12-17(26)24-14-7-9-15(10-8-14)28-19(20,21)22/h3-10,23H,11-12H2,1-2H3,(H,24,26). The molecule has 0 fully saturated rings. The van der Waals surface area contributed by atoms with Crippen molar-refractivity contribution >= 4 is 23.2 Å². The van der Waals surface area contributed by atoms with E-state index in [9.17, 15) is 22.8 Å². The van der Waals surface area contributed by atoms with E-state index in [0.717, 1.165) is 17.7 Å². The van der Waals surface area contributed by atoms with Gasteiger partial charge in [-0.1, -0.05) is 18.2 Å². The Bertz CT molecular complexity index is 821. The molecule has 6 nitrogen and oxygen atoms in total. The second kappa shape index (κ2) is 9.12. The maximum Gasteiger partial charge on any atom is 0.573 e. The lowest BCUT2D eigenvalue weighted by molar-refractivity contribution is -0.274. The molecular weight excluding hydrogens is 375 g/mol. The van der Waals surface area contributed by atoms with Gasteiger partial charge >= 0.3 is 6.36 Å². The van der Waals surface area contributed by atoms with E-state index < -0.39 is 12.3 Å². The zero-order valence-corrected chi connectivity index (χ0v) is 15.3. The summed E-state index contributed by atoms with van der Waals surface area (Å²) in [4.78, 5) is 25.5. The number of amides is 2. The maximum absolute atomic E-state index is 12.1. The quantitative estimate of drug-likeness (QED) is 0.755. The van der Waals surface area contributed by atoms with Crippen LogP contribution in [0.2, 0.25) is 0 Å². The Morgan fingerprint density at radius 3 is 2.29 bits per heavy atom. The Hall–Kier alpha value is -3.23. The summed E-state index contributed by atoms with van der Waals surface area (Å²) in [6.07, 6.45) is -4.57. The van der Waals surface area contributed by atoms with Gasteiger partial charge in [-0.2, -0.15) is 0 Å². The average molecular weight is 395 g/mol. The second-order valence-electron chi connectivity index (χ2n) is 6.10. The Kier molecular flexibility index (Phi) is 6.86. The van der Waals surface area contributed by atoms with Crippen LogP contribution in [0.1, 0.15) is 5.56 Å². The largest absolute Gasteiger partial charge is 0.573 e. The zero-order valence-electron chi connectivity index (χ0n) is 15.3. The molecule has 0 unspecified atom stereocenters. The summed E-state index contributed by atoms with van der Waals surface area (Å²) < 4.78 is 40.2. The highest BCUT2D eigenvalue weighted by atomic mass is 19.4. The van der Waals surface area contributed by atoms with Crippen molar-refractivity contribution in [2.75, 3.05) is 31.3 Å². The molecule has 0 atom stereocenters. The van der Waals surface area contributed by atoms with E-state index in [-0.39, 0.29) is 24.6 Å². The highest BCUT2D eigenvalue weighted by molar-refractivity contribution is 5.94. The van der Waals surface area contributed by atoms with Crippen molar-refractivity contribution in [3.63, 3.8) is 0 Å². The van der Waals surface area contributed by atoms with E-state index in [1.807, 2.05) is 0 Å². The molecule has 2 aromatic rings. The number of anilines is 2. The molecule has 2 aromatic carbocycles. The van der Waals surface area contributed by atoms with Crippen molar-refractivity contribution < 1.29 is 27.5 Å². The summed E-state index contributed by atoms with van der Waals surface area (Å²) in [5.41, 5.74) is 1.74. The molecule has 0 aromatic heterocycles. The normalized spacial score (nSPS) is 10.9. The average Bonchev–Trinajstić information content (AvgIpc) is 2.61. The summed E-state index contributed by atoms with van der Waals surface area (Å²) in [6.45, 7) is -0.0754. The Balaban J connectivity index is 1.92. The first-order valence-electron chi connectivity index (χ1n) is 8.31. The Morgan fingerprint density at radius 2 is 1.68 bits per heavy atom. The fraction of sp³-hybridized carbons (Fsp3) is 0.263. The number of benzene rings is 2.